The molecule has 1 heteroatoms. The highest BCUT2D eigenvalue weighted by atomic mass is 16.3. The number of rotatable bonds is 12. The van der Waals surface area contributed by atoms with Gasteiger partial charge in [0.05, 0.1) is 0 Å². The van der Waals surface area contributed by atoms with E-state index in [4.69, 9.17) is 4.42 Å². The van der Waals surface area contributed by atoms with Crippen LogP contribution in [0.2, 0.25) is 0 Å². The summed E-state index contributed by atoms with van der Waals surface area (Å²) >= 11 is 0. The molecule has 0 amide bonds. The second kappa shape index (κ2) is 11.9. The van der Waals surface area contributed by atoms with Crippen LogP contribution in [0.1, 0.15) is 76.3 Å². The van der Waals surface area contributed by atoms with Crippen LogP contribution >= 0.6 is 0 Å². The molecule has 172 valence electrons. The predicted molar refractivity (Wildman–Crippen MR) is 143 cm³/mol. The lowest BCUT2D eigenvalue weighted by molar-refractivity contribution is 0.631. The highest BCUT2D eigenvalue weighted by molar-refractivity contribution is 5.87. The molecule has 1 heterocycles. The number of unbranched alkanes of at least 4 members (excludes halogenated alkanes) is 6. The predicted octanol–water partition coefficient (Wildman–Crippen LogP) is 10.0. The van der Waals surface area contributed by atoms with E-state index in [0.29, 0.717) is 0 Å². The summed E-state index contributed by atoms with van der Waals surface area (Å²) in [4.78, 5) is 0. The van der Waals surface area contributed by atoms with Crippen molar-refractivity contribution in [3.05, 3.63) is 83.9 Å². The van der Waals surface area contributed by atoms with Gasteiger partial charge in [0.15, 0.2) is 0 Å². The summed E-state index contributed by atoms with van der Waals surface area (Å²) in [6.45, 7) is 4.52. The second-order valence-electron chi connectivity index (χ2n) is 9.38. The molecule has 0 N–H and O–H groups in total. The number of benzene rings is 3. The van der Waals surface area contributed by atoms with Crippen molar-refractivity contribution in [2.45, 2.75) is 78.1 Å². The number of hydrogen-bond donors (Lipinski definition) is 0. The van der Waals surface area contributed by atoms with Crippen molar-refractivity contribution < 1.29 is 4.42 Å². The number of fused-ring (bicyclic) bond motifs is 1. The summed E-state index contributed by atoms with van der Waals surface area (Å²) < 4.78 is 6.17. The molecule has 0 saturated carbocycles. The Hall–Kier alpha value is -2.80. The number of furan rings is 1. The maximum atomic E-state index is 6.17. The average molecular weight is 439 g/mol. The monoisotopic (exact) mass is 438 g/mol. The van der Waals surface area contributed by atoms with E-state index in [1.54, 1.807) is 0 Å². The maximum absolute atomic E-state index is 6.17. The van der Waals surface area contributed by atoms with Crippen LogP contribution in [0.25, 0.3) is 33.4 Å². The van der Waals surface area contributed by atoms with E-state index < -0.39 is 0 Å². The van der Waals surface area contributed by atoms with Gasteiger partial charge in [-0.25, -0.2) is 0 Å². The topological polar surface area (TPSA) is 13.1 Å². The zero-order valence-corrected chi connectivity index (χ0v) is 20.4. The smallest absolute Gasteiger partial charge is 0.135 e. The Labute approximate surface area is 199 Å². The molecule has 4 aromatic rings. The fraction of sp³-hybridized carbons (Fsp3) is 0.375. The van der Waals surface area contributed by atoms with Gasteiger partial charge in [-0.3, -0.25) is 0 Å². The first kappa shape index (κ1) is 23.4. The highest BCUT2D eigenvalue weighted by Gasteiger charge is 2.08. The molecule has 0 aliphatic heterocycles. The summed E-state index contributed by atoms with van der Waals surface area (Å²) in [6.07, 6.45) is 12.9. The van der Waals surface area contributed by atoms with Gasteiger partial charge in [0.1, 0.15) is 11.3 Å². The van der Waals surface area contributed by atoms with Crippen LogP contribution in [0.3, 0.4) is 0 Å². The van der Waals surface area contributed by atoms with Gasteiger partial charge < -0.3 is 4.42 Å². The van der Waals surface area contributed by atoms with Crippen molar-refractivity contribution in [1.82, 2.24) is 0 Å². The minimum absolute atomic E-state index is 0.945. The molecule has 0 bridgehead atoms. The van der Waals surface area contributed by atoms with Crippen LogP contribution < -0.4 is 0 Å². The Morgan fingerprint density at radius 3 is 1.73 bits per heavy atom. The van der Waals surface area contributed by atoms with Crippen molar-refractivity contribution >= 4 is 11.0 Å². The van der Waals surface area contributed by atoms with Gasteiger partial charge in [-0.1, -0.05) is 107 Å². The third-order valence-corrected chi connectivity index (χ3v) is 6.68. The molecule has 1 aromatic heterocycles. The van der Waals surface area contributed by atoms with Gasteiger partial charge in [-0.15, -0.1) is 0 Å². The summed E-state index contributed by atoms with van der Waals surface area (Å²) in [5.41, 5.74) is 7.47. The van der Waals surface area contributed by atoms with E-state index in [-0.39, 0.29) is 0 Å². The Morgan fingerprint density at radius 1 is 0.515 bits per heavy atom. The molecule has 0 radical (unpaired) electrons. The van der Waals surface area contributed by atoms with Gasteiger partial charge in [-0.05, 0) is 66.1 Å². The average Bonchev–Trinajstić information content (AvgIpc) is 3.28. The van der Waals surface area contributed by atoms with E-state index in [9.17, 15) is 0 Å². The van der Waals surface area contributed by atoms with Crippen molar-refractivity contribution in [1.29, 1.82) is 0 Å². The van der Waals surface area contributed by atoms with Gasteiger partial charge in [-0.2, -0.15) is 0 Å². The molecule has 0 aliphatic carbocycles. The Kier molecular flexibility index (Phi) is 8.41. The van der Waals surface area contributed by atoms with Crippen molar-refractivity contribution in [3.63, 3.8) is 0 Å². The van der Waals surface area contributed by atoms with E-state index >= 15 is 0 Å². The molecule has 0 atom stereocenters. The molecule has 0 unspecified atom stereocenters. The minimum Gasteiger partial charge on any atom is -0.456 e. The van der Waals surface area contributed by atoms with Crippen LogP contribution in [0, 0.1) is 0 Å². The lowest BCUT2D eigenvalue weighted by Crippen LogP contribution is -1.86. The molecule has 0 aliphatic rings. The van der Waals surface area contributed by atoms with Crippen molar-refractivity contribution in [2.24, 2.45) is 0 Å². The SMILES string of the molecule is CCCCCCCc1ccc(-c2ccc3oc(-c4ccc(CCCCC)cc4)cc3c2)cc1. The molecule has 0 spiro atoms. The molecule has 0 fully saturated rings. The van der Waals surface area contributed by atoms with Gasteiger partial charge >= 0.3 is 0 Å². The standard InChI is InChI=1S/C32H38O/c1-3-5-7-8-10-12-26-13-17-27(18-14-26)29-21-22-31-30(23-29)24-32(33-31)28-19-15-25(16-20-28)11-9-6-4-2/h13-24H,3-12H2,1-2H3. The third kappa shape index (κ3) is 6.38. The molecular formula is C32H38O. The minimum atomic E-state index is 0.945. The lowest BCUT2D eigenvalue weighted by atomic mass is 10.00. The van der Waals surface area contributed by atoms with Crippen LogP contribution in [0.4, 0.5) is 0 Å². The summed E-state index contributed by atoms with van der Waals surface area (Å²) in [5.74, 6) is 0.945. The first-order chi connectivity index (χ1) is 16.3. The molecule has 0 saturated heterocycles. The van der Waals surface area contributed by atoms with Crippen molar-refractivity contribution in [3.8, 4) is 22.5 Å². The third-order valence-electron chi connectivity index (χ3n) is 6.68. The highest BCUT2D eigenvalue weighted by Crippen LogP contribution is 2.31. The normalized spacial score (nSPS) is 11.3. The largest absolute Gasteiger partial charge is 0.456 e. The Morgan fingerprint density at radius 2 is 1.06 bits per heavy atom. The Bertz CT molecular complexity index is 1120. The van der Waals surface area contributed by atoms with Gasteiger partial charge in [0.2, 0.25) is 0 Å². The lowest BCUT2D eigenvalue weighted by Gasteiger charge is -2.05. The molecule has 4 rings (SSSR count). The van der Waals surface area contributed by atoms with E-state index in [0.717, 1.165) is 28.7 Å². The van der Waals surface area contributed by atoms with Gasteiger partial charge in [0.25, 0.3) is 0 Å². The number of aryl methyl sites for hydroxylation is 2. The first-order valence-corrected chi connectivity index (χ1v) is 13.0. The summed E-state index contributed by atoms with van der Waals surface area (Å²) in [5, 5.41) is 1.16. The Balaban J connectivity index is 1.42. The molecule has 33 heavy (non-hydrogen) atoms. The fourth-order valence-corrected chi connectivity index (χ4v) is 4.58. The quantitative estimate of drug-likeness (QED) is 0.201. The van der Waals surface area contributed by atoms with Crippen LogP contribution in [-0.4, -0.2) is 0 Å². The number of hydrogen-bond acceptors (Lipinski definition) is 1. The van der Waals surface area contributed by atoms with E-state index in [1.165, 1.54) is 80.0 Å². The summed E-state index contributed by atoms with van der Waals surface area (Å²) in [6, 6.07) is 26.7. The summed E-state index contributed by atoms with van der Waals surface area (Å²) in [7, 11) is 0. The maximum Gasteiger partial charge on any atom is 0.135 e. The van der Waals surface area contributed by atoms with E-state index in [2.05, 4.69) is 86.6 Å². The second-order valence-corrected chi connectivity index (χ2v) is 9.38. The van der Waals surface area contributed by atoms with Crippen molar-refractivity contribution in [2.75, 3.05) is 0 Å². The zero-order valence-electron chi connectivity index (χ0n) is 20.4. The molecule has 1 nitrogen and oxygen atoms in total. The van der Waals surface area contributed by atoms with Crippen LogP contribution in [-0.2, 0) is 12.8 Å². The fourth-order valence-electron chi connectivity index (χ4n) is 4.58. The van der Waals surface area contributed by atoms with Crippen LogP contribution in [0.15, 0.2) is 77.2 Å². The molecular weight excluding hydrogens is 400 g/mol. The van der Waals surface area contributed by atoms with E-state index in [1.807, 2.05) is 0 Å². The van der Waals surface area contributed by atoms with Crippen LogP contribution in [0.5, 0.6) is 0 Å². The molecule has 3 aromatic carbocycles. The first-order valence-electron chi connectivity index (χ1n) is 13.0. The zero-order chi connectivity index (χ0) is 22.9. The van der Waals surface area contributed by atoms with Gasteiger partial charge in [0, 0.05) is 10.9 Å².